The molecule has 0 aliphatic carbocycles. The molecule has 1 saturated heterocycles. The molecule has 2 unspecified atom stereocenters. The van der Waals surface area contributed by atoms with Gasteiger partial charge in [-0.15, -0.1) is 0 Å². The lowest BCUT2D eigenvalue weighted by Crippen LogP contribution is -2.53. The summed E-state index contributed by atoms with van der Waals surface area (Å²) >= 11 is 0. The zero-order valence-corrected chi connectivity index (χ0v) is 11.1. The summed E-state index contributed by atoms with van der Waals surface area (Å²) in [5.41, 5.74) is 6.50. The number of aromatic nitrogens is 1. The molecular weight excluding hydrogens is 244 g/mol. The van der Waals surface area contributed by atoms with Crippen LogP contribution in [0, 0.1) is 0 Å². The van der Waals surface area contributed by atoms with Crippen molar-refractivity contribution in [3.63, 3.8) is 0 Å². The Morgan fingerprint density at radius 3 is 2.47 bits per heavy atom. The van der Waals surface area contributed by atoms with Gasteiger partial charge in [-0.1, -0.05) is 0 Å². The quantitative estimate of drug-likeness (QED) is 0.748. The van der Waals surface area contributed by atoms with E-state index in [9.17, 15) is 9.90 Å². The van der Waals surface area contributed by atoms with E-state index in [0.717, 1.165) is 13.1 Å². The second-order valence-corrected chi connectivity index (χ2v) is 4.88. The highest BCUT2D eigenvalue weighted by Gasteiger charge is 2.29. The molecule has 0 radical (unpaired) electrons. The number of likely N-dealkylation sites (N-methyl/N-ethyl adjacent to an activating group) is 1. The first-order chi connectivity index (χ1) is 9.09. The summed E-state index contributed by atoms with van der Waals surface area (Å²) in [5.74, 6) is -0.197. The Kier molecular flexibility index (Phi) is 4.47. The van der Waals surface area contributed by atoms with E-state index in [4.69, 9.17) is 5.73 Å². The number of hydrogen-bond donors (Lipinski definition) is 2. The number of carbonyl (C=O) groups excluding carboxylic acids is 1. The molecule has 6 heteroatoms. The van der Waals surface area contributed by atoms with Crippen LogP contribution in [0.25, 0.3) is 0 Å². The maximum absolute atomic E-state index is 12.2. The van der Waals surface area contributed by atoms with Gasteiger partial charge in [-0.05, 0) is 24.7 Å². The number of pyridine rings is 1. The molecule has 0 aromatic carbocycles. The van der Waals surface area contributed by atoms with E-state index in [-0.39, 0.29) is 5.91 Å². The summed E-state index contributed by atoms with van der Waals surface area (Å²) in [6.45, 7) is 2.99. The molecule has 0 saturated carbocycles. The molecule has 0 spiro atoms. The lowest BCUT2D eigenvalue weighted by Gasteiger charge is -2.34. The first-order valence-electron chi connectivity index (χ1n) is 6.40. The number of nitrogens with zero attached hydrogens (tertiary/aromatic N) is 3. The predicted molar refractivity (Wildman–Crippen MR) is 71.2 cm³/mol. The minimum absolute atomic E-state index is 0.197. The summed E-state index contributed by atoms with van der Waals surface area (Å²) in [4.78, 5) is 20.0. The summed E-state index contributed by atoms with van der Waals surface area (Å²) in [6.07, 6.45) is 2.16. The molecular formula is C13H20N4O2. The van der Waals surface area contributed by atoms with Crippen LogP contribution in [0.1, 0.15) is 11.7 Å². The number of carbonyl (C=O) groups is 1. The van der Waals surface area contributed by atoms with Gasteiger partial charge in [-0.2, -0.15) is 0 Å². The fraction of sp³-hybridized carbons (Fsp3) is 0.538. The van der Waals surface area contributed by atoms with Crippen LogP contribution >= 0.6 is 0 Å². The Balaban J connectivity index is 1.99. The van der Waals surface area contributed by atoms with E-state index in [1.807, 2.05) is 7.05 Å². The van der Waals surface area contributed by atoms with Gasteiger partial charge in [0.25, 0.3) is 0 Å². The minimum Gasteiger partial charge on any atom is -0.386 e. The number of aliphatic hydroxyl groups is 1. The van der Waals surface area contributed by atoms with Crippen LogP contribution < -0.4 is 5.73 Å². The van der Waals surface area contributed by atoms with Gasteiger partial charge in [0, 0.05) is 38.6 Å². The Morgan fingerprint density at radius 2 is 1.89 bits per heavy atom. The second kappa shape index (κ2) is 6.10. The van der Waals surface area contributed by atoms with Crippen molar-refractivity contribution in [2.75, 3.05) is 33.2 Å². The summed E-state index contributed by atoms with van der Waals surface area (Å²) in [6, 6.07) is 2.41. The number of piperazine rings is 1. The van der Waals surface area contributed by atoms with E-state index >= 15 is 0 Å². The summed E-state index contributed by atoms with van der Waals surface area (Å²) in [5, 5.41) is 10.1. The maximum atomic E-state index is 12.2. The van der Waals surface area contributed by atoms with Gasteiger partial charge in [0.2, 0.25) is 5.91 Å². The van der Waals surface area contributed by atoms with E-state index in [1.54, 1.807) is 29.4 Å². The standard InChI is InChI=1S/C13H20N4O2/c1-16-6-8-17(9-7-16)13(19)11(14)12(18)10-2-4-15-5-3-10/h2-5,11-12,18H,6-9,14H2,1H3. The molecule has 1 aromatic rings. The van der Waals surface area contributed by atoms with Crippen molar-refractivity contribution in [2.24, 2.45) is 5.73 Å². The Labute approximate surface area is 112 Å². The molecule has 3 N–H and O–H groups in total. The molecule has 104 valence electrons. The fourth-order valence-corrected chi connectivity index (χ4v) is 2.14. The Hall–Kier alpha value is -1.50. The first kappa shape index (κ1) is 13.9. The second-order valence-electron chi connectivity index (χ2n) is 4.88. The number of nitrogens with two attached hydrogens (primary N) is 1. The third-order valence-corrected chi connectivity index (χ3v) is 3.49. The third-order valence-electron chi connectivity index (χ3n) is 3.49. The zero-order chi connectivity index (χ0) is 13.8. The number of rotatable bonds is 3. The van der Waals surface area contributed by atoms with E-state index in [1.165, 1.54) is 0 Å². The molecule has 1 fully saturated rings. The SMILES string of the molecule is CN1CCN(C(=O)C(N)C(O)c2ccncc2)CC1. The highest BCUT2D eigenvalue weighted by molar-refractivity contribution is 5.82. The van der Waals surface area contributed by atoms with Crippen LogP contribution in [0.3, 0.4) is 0 Å². The van der Waals surface area contributed by atoms with Crippen LogP contribution in [0.2, 0.25) is 0 Å². The molecule has 0 bridgehead atoms. The summed E-state index contributed by atoms with van der Waals surface area (Å²) < 4.78 is 0. The van der Waals surface area contributed by atoms with Crippen LogP contribution in [0.4, 0.5) is 0 Å². The van der Waals surface area contributed by atoms with Crippen LogP contribution in [-0.4, -0.2) is 65.1 Å². The molecule has 19 heavy (non-hydrogen) atoms. The van der Waals surface area contributed by atoms with Gasteiger partial charge in [-0.3, -0.25) is 9.78 Å². The molecule has 1 amide bonds. The van der Waals surface area contributed by atoms with Gasteiger partial charge in [0.05, 0.1) is 0 Å². The first-order valence-corrected chi connectivity index (χ1v) is 6.40. The van der Waals surface area contributed by atoms with E-state index < -0.39 is 12.1 Å². The van der Waals surface area contributed by atoms with Gasteiger partial charge < -0.3 is 20.6 Å². The van der Waals surface area contributed by atoms with Crippen molar-refractivity contribution in [1.29, 1.82) is 0 Å². The van der Waals surface area contributed by atoms with Crippen molar-refractivity contribution < 1.29 is 9.90 Å². The lowest BCUT2D eigenvalue weighted by molar-refractivity contribution is -0.136. The van der Waals surface area contributed by atoms with Crippen molar-refractivity contribution >= 4 is 5.91 Å². The normalized spacial score (nSPS) is 20.1. The highest BCUT2D eigenvalue weighted by Crippen LogP contribution is 2.16. The van der Waals surface area contributed by atoms with Crippen molar-refractivity contribution in [2.45, 2.75) is 12.1 Å². The van der Waals surface area contributed by atoms with E-state index in [2.05, 4.69) is 9.88 Å². The molecule has 6 nitrogen and oxygen atoms in total. The van der Waals surface area contributed by atoms with Gasteiger partial charge in [-0.25, -0.2) is 0 Å². The van der Waals surface area contributed by atoms with Gasteiger partial charge in [0.15, 0.2) is 0 Å². The molecule has 2 atom stereocenters. The van der Waals surface area contributed by atoms with Crippen molar-refractivity contribution in [1.82, 2.24) is 14.8 Å². The largest absolute Gasteiger partial charge is 0.386 e. The smallest absolute Gasteiger partial charge is 0.242 e. The lowest BCUT2D eigenvalue weighted by atomic mass is 10.0. The van der Waals surface area contributed by atoms with Gasteiger partial charge in [0.1, 0.15) is 12.1 Å². The number of hydrogen-bond acceptors (Lipinski definition) is 5. The molecule has 1 aliphatic rings. The Bertz CT molecular complexity index is 418. The van der Waals surface area contributed by atoms with E-state index in [0.29, 0.717) is 18.7 Å². The highest BCUT2D eigenvalue weighted by atomic mass is 16.3. The topological polar surface area (TPSA) is 82.7 Å². The fourth-order valence-electron chi connectivity index (χ4n) is 2.14. The molecule has 2 heterocycles. The average Bonchev–Trinajstić information content (AvgIpc) is 2.46. The van der Waals surface area contributed by atoms with Crippen molar-refractivity contribution in [3.8, 4) is 0 Å². The molecule has 2 rings (SSSR count). The molecule has 1 aliphatic heterocycles. The molecule has 1 aromatic heterocycles. The van der Waals surface area contributed by atoms with Gasteiger partial charge >= 0.3 is 0 Å². The summed E-state index contributed by atoms with van der Waals surface area (Å²) in [7, 11) is 2.02. The number of aliphatic hydroxyl groups excluding tert-OH is 1. The van der Waals surface area contributed by atoms with Crippen LogP contribution in [0.15, 0.2) is 24.5 Å². The number of amides is 1. The average molecular weight is 264 g/mol. The zero-order valence-electron chi connectivity index (χ0n) is 11.1. The van der Waals surface area contributed by atoms with Crippen LogP contribution in [-0.2, 0) is 4.79 Å². The monoisotopic (exact) mass is 264 g/mol. The predicted octanol–water partition coefficient (Wildman–Crippen LogP) is -0.784. The Morgan fingerprint density at radius 1 is 1.32 bits per heavy atom. The maximum Gasteiger partial charge on any atom is 0.242 e. The third kappa shape index (κ3) is 3.28. The minimum atomic E-state index is -0.991. The van der Waals surface area contributed by atoms with Crippen molar-refractivity contribution in [3.05, 3.63) is 30.1 Å². The van der Waals surface area contributed by atoms with Crippen LogP contribution in [0.5, 0.6) is 0 Å².